The highest BCUT2D eigenvalue weighted by molar-refractivity contribution is 6.28. The molecule has 1 heterocycles. The highest BCUT2D eigenvalue weighted by atomic mass is 35.5. The maximum Gasteiger partial charge on any atom is 0.304 e. The summed E-state index contributed by atoms with van der Waals surface area (Å²) in [6.45, 7) is 5.78. The van der Waals surface area contributed by atoms with Gasteiger partial charge >= 0.3 is 5.97 Å². The van der Waals surface area contributed by atoms with Crippen molar-refractivity contribution in [2.75, 3.05) is 0 Å². The molecule has 4 nitrogen and oxygen atoms in total. The maximum atomic E-state index is 13.3. The molecule has 122 valence electrons. The molecule has 0 fully saturated rings. The number of benzene rings is 1. The molecule has 23 heavy (non-hydrogen) atoms. The Morgan fingerprint density at radius 1 is 1.22 bits per heavy atom. The molecule has 0 bridgehead atoms. The molecular formula is C17H18ClFN2O2. The Hall–Kier alpha value is -2.01. The van der Waals surface area contributed by atoms with Crippen LogP contribution in [0.15, 0.2) is 36.5 Å². The third-order valence-corrected chi connectivity index (χ3v) is 4.28. The zero-order valence-electron chi connectivity index (χ0n) is 13.2. The first-order valence-electron chi connectivity index (χ1n) is 7.14. The van der Waals surface area contributed by atoms with Crippen molar-refractivity contribution in [3.8, 4) is 0 Å². The number of aromatic nitrogens is 2. The van der Waals surface area contributed by atoms with Gasteiger partial charge in [-0.3, -0.25) is 4.79 Å². The molecule has 0 saturated carbocycles. The predicted molar refractivity (Wildman–Crippen MR) is 85.9 cm³/mol. The quantitative estimate of drug-likeness (QED) is 0.855. The summed E-state index contributed by atoms with van der Waals surface area (Å²) in [6.07, 6.45) is 1.30. The van der Waals surface area contributed by atoms with E-state index in [1.165, 1.54) is 18.3 Å². The summed E-state index contributed by atoms with van der Waals surface area (Å²) in [6, 6.07) is 7.49. The van der Waals surface area contributed by atoms with E-state index in [1.54, 1.807) is 18.2 Å². The molecule has 1 aromatic heterocycles. The van der Waals surface area contributed by atoms with E-state index in [-0.39, 0.29) is 17.5 Å². The maximum absolute atomic E-state index is 13.3. The number of halogens is 2. The first-order chi connectivity index (χ1) is 10.7. The van der Waals surface area contributed by atoms with Crippen molar-refractivity contribution in [1.82, 2.24) is 9.97 Å². The number of carboxylic acid groups (broad SMARTS) is 1. The van der Waals surface area contributed by atoms with Gasteiger partial charge in [-0.1, -0.05) is 32.9 Å². The molecule has 0 amide bonds. The molecule has 2 aromatic rings. The smallest absolute Gasteiger partial charge is 0.304 e. The number of aliphatic carboxylic acids is 1. The summed E-state index contributed by atoms with van der Waals surface area (Å²) in [5.41, 5.74) is -0.317. The largest absolute Gasteiger partial charge is 0.481 e. The third-order valence-electron chi connectivity index (χ3n) is 4.10. The van der Waals surface area contributed by atoms with Crippen molar-refractivity contribution in [3.63, 3.8) is 0 Å². The van der Waals surface area contributed by atoms with Gasteiger partial charge in [0.25, 0.3) is 0 Å². The van der Waals surface area contributed by atoms with Gasteiger partial charge in [0.15, 0.2) is 0 Å². The van der Waals surface area contributed by atoms with Gasteiger partial charge in [-0.25, -0.2) is 14.4 Å². The highest BCUT2D eigenvalue weighted by Gasteiger charge is 2.48. The van der Waals surface area contributed by atoms with Crippen LogP contribution in [0.4, 0.5) is 4.39 Å². The standard InChI is InChI=1S/C17H18ClFN2O2/c1-16(2,3)17(10-14(22)23,11-4-6-12(19)7-5-11)13-8-9-20-15(18)21-13/h4-9H,10H2,1-3H3,(H,22,23). The number of hydrogen-bond donors (Lipinski definition) is 1. The lowest BCUT2D eigenvalue weighted by molar-refractivity contribution is -0.139. The highest BCUT2D eigenvalue weighted by Crippen LogP contribution is 2.49. The normalized spacial score (nSPS) is 14.3. The predicted octanol–water partition coefficient (Wildman–Crippen LogP) is 4.08. The van der Waals surface area contributed by atoms with E-state index < -0.39 is 16.8 Å². The minimum Gasteiger partial charge on any atom is -0.481 e. The van der Waals surface area contributed by atoms with Crippen molar-refractivity contribution in [1.29, 1.82) is 0 Å². The zero-order valence-corrected chi connectivity index (χ0v) is 13.9. The number of nitrogens with zero attached hydrogens (tertiary/aromatic N) is 2. The molecular weight excluding hydrogens is 319 g/mol. The van der Waals surface area contributed by atoms with Crippen LogP contribution in [0.5, 0.6) is 0 Å². The molecule has 0 spiro atoms. The fourth-order valence-electron chi connectivity index (χ4n) is 2.96. The van der Waals surface area contributed by atoms with Crippen molar-refractivity contribution in [3.05, 3.63) is 58.9 Å². The lowest BCUT2D eigenvalue weighted by Crippen LogP contribution is -2.44. The van der Waals surface area contributed by atoms with E-state index >= 15 is 0 Å². The third kappa shape index (κ3) is 3.34. The molecule has 6 heteroatoms. The number of carboxylic acids is 1. The lowest BCUT2D eigenvalue weighted by Gasteiger charge is -2.44. The minimum atomic E-state index is -0.973. The van der Waals surface area contributed by atoms with Crippen LogP contribution in [0, 0.1) is 11.2 Å². The van der Waals surface area contributed by atoms with Crippen LogP contribution in [0.1, 0.15) is 38.4 Å². The van der Waals surface area contributed by atoms with Crippen LogP contribution in [0.2, 0.25) is 5.28 Å². The molecule has 2 rings (SSSR count). The van der Waals surface area contributed by atoms with Crippen LogP contribution in [-0.4, -0.2) is 21.0 Å². The number of hydrogen-bond acceptors (Lipinski definition) is 3. The second-order valence-electron chi connectivity index (χ2n) is 6.44. The molecule has 0 aliphatic rings. The molecule has 0 aliphatic carbocycles. The van der Waals surface area contributed by atoms with Crippen molar-refractivity contribution in [2.24, 2.45) is 5.41 Å². The number of rotatable bonds is 4. The minimum absolute atomic E-state index is 0.0450. The van der Waals surface area contributed by atoms with E-state index in [4.69, 9.17) is 11.6 Å². The van der Waals surface area contributed by atoms with Crippen LogP contribution in [-0.2, 0) is 10.2 Å². The molecule has 0 aliphatic heterocycles. The second kappa shape index (κ2) is 6.24. The van der Waals surface area contributed by atoms with Crippen LogP contribution < -0.4 is 0 Å². The number of carbonyl (C=O) groups is 1. The summed E-state index contributed by atoms with van der Waals surface area (Å²) in [4.78, 5) is 19.7. The Kier molecular flexibility index (Phi) is 4.71. The Bertz CT molecular complexity index is 713. The van der Waals surface area contributed by atoms with Gasteiger partial charge in [0, 0.05) is 6.20 Å². The van der Waals surface area contributed by atoms with E-state index in [9.17, 15) is 14.3 Å². The first-order valence-corrected chi connectivity index (χ1v) is 7.51. The van der Waals surface area contributed by atoms with Crippen molar-refractivity contribution < 1.29 is 14.3 Å². The van der Waals surface area contributed by atoms with E-state index in [0.29, 0.717) is 11.3 Å². The van der Waals surface area contributed by atoms with E-state index in [2.05, 4.69) is 9.97 Å². The fraction of sp³-hybridized carbons (Fsp3) is 0.353. The molecule has 0 saturated heterocycles. The topological polar surface area (TPSA) is 63.1 Å². The van der Waals surface area contributed by atoms with Gasteiger partial charge in [0.1, 0.15) is 5.82 Å². The van der Waals surface area contributed by atoms with Crippen LogP contribution in [0.3, 0.4) is 0 Å². The SMILES string of the molecule is CC(C)(C)C(CC(=O)O)(c1ccc(F)cc1)c1ccnc(Cl)n1. The zero-order chi connectivity index (χ0) is 17.3. The summed E-state index contributed by atoms with van der Waals surface area (Å²) in [7, 11) is 0. The monoisotopic (exact) mass is 336 g/mol. The molecule has 1 unspecified atom stereocenters. The lowest BCUT2D eigenvalue weighted by atomic mass is 9.59. The molecule has 1 N–H and O–H groups in total. The van der Waals surface area contributed by atoms with Crippen molar-refractivity contribution >= 4 is 17.6 Å². The molecule has 1 atom stereocenters. The summed E-state index contributed by atoms with van der Waals surface area (Å²) >= 11 is 5.92. The van der Waals surface area contributed by atoms with E-state index in [0.717, 1.165) is 0 Å². The molecule has 1 aromatic carbocycles. The van der Waals surface area contributed by atoms with Crippen LogP contribution in [0.25, 0.3) is 0 Å². The van der Waals surface area contributed by atoms with Crippen LogP contribution >= 0.6 is 11.6 Å². The molecule has 0 radical (unpaired) electrons. The van der Waals surface area contributed by atoms with Gasteiger partial charge in [0.05, 0.1) is 17.5 Å². The van der Waals surface area contributed by atoms with E-state index in [1.807, 2.05) is 20.8 Å². The first kappa shape index (κ1) is 17.3. The Morgan fingerprint density at radius 2 is 1.83 bits per heavy atom. The van der Waals surface area contributed by atoms with Gasteiger partial charge in [0.2, 0.25) is 5.28 Å². The second-order valence-corrected chi connectivity index (χ2v) is 6.78. The van der Waals surface area contributed by atoms with Gasteiger partial charge < -0.3 is 5.11 Å². The van der Waals surface area contributed by atoms with Gasteiger partial charge in [-0.2, -0.15) is 0 Å². The Morgan fingerprint density at radius 3 is 2.30 bits per heavy atom. The van der Waals surface area contributed by atoms with Gasteiger partial charge in [-0.05, 0) is 40.8 Å². The fourth-order valence-corrected chi connectivity index (χ4v) is 3.10. The summed E-state index contributed by atoms with van der Waals surface area (Å²) in [5.74, 6) is -1.36. The van der Waals surface area contributed by atoms with Crippen molar-refractivity contribution in [2.45, 2.75) is 32.6 Å². The Balaban J connectivity index is 2.79. The average Bonchev–Trinajstić information content (AvgIpc) is 2.44. The summed E-state index contributed by atoms with van der Waals surface area (Å²) in [5, 5.41) is 9.55. The van der Waals surface area contributed by atoms with Gasteiger partial charge in [-0.15, -0.1) is 0 Å². The summed E-state index contributed by atoms with van der Waals surface area (Å²) < 4.78 is 13.3. The average molecular weight is 337 g/mol. The Labute approximate surface area is 139 Å².